The van der Waals surface area contributed by atoms with E-state index in [-0.39, 0.29) is 4.90 Å². The van der Waals surface area contributed by atoms with Crippen LogP contribution in [0.1, 0.15) is 0 Å². The molecular weight excluding hydrogens is 404 g/mol. The van der Waals surface area contributed by atoms with E-state index in [0.29, 0.717) is 11.4 Å². The van der Waals surface area contributed by atoms with Crippen molar-refractivity contribution in [1.29, 1.82) is 0 Å². The van der Waals surface area contributed by atoms with Gasteiger partial charge in [-0.25, -0.2) is 13.4 Å². The van der Waals surface area contributed by atoms with Crippen molar-refractivity contribution in [3.63, 3.8) is 0 Å². The van der Waals surface area contributed by atoms with Crippen LogP contribution >= 0.6 is 11.3 Å². The highest BCUT2D eigenvalue weighted by atomic mass is 32.2. The van der Waals surface area contributed by atoms with Gasteiger partial charge in [-0.1, -0.05) is 42.5 Å². The Morgan fingerprint density at radius 3 is 2.21 bits per heavy atom. The Labute approximate surface area is 173 Å². The van der Waals surface area contributed by atoms with Gasteiger partial charge in [-0.15, -0.1) is 11.3 Å². The molecule has 0 radical (unpaired) electrons. The lowest BCUT2D eigenvalue weighted by molar-refractivity contribution is 0.414. The average Bonchev–Trinajstić information content (AvgIpc) is 3.25. The van der Waals surface area contributed by atoms with Crippen LogP contribution in [0.15, 0.2) is 89.1 Å². The number of nitrogens with one attached hydrogen (secondary N) is 1. The first-order valence-corrected chi connectivity index (χ1v) is 11.2. The summed E-state index contributed by atoms with van der Waals surface area (Å²) >= 11 is 1.58. The molecule has 4 rings (SSSR count). The van der Waals surface area contributed by atoms with E-state index in [1.165, 1.54) is 19.2 Å². The van der Waals surface area contributed by atoms with Crippen LogP contribution in [-0.4, -0.2) is 20.5 Å². The molecule has 0 atom stereocenters. The van der Waals surface area contributed by atoms with Gasteiger partial charge in [0.15, 0.2) is 0 Å². The number of anilines is 1. The molecule has 1 N–H and O–H groups in total. The molecule has 0 amide bonds. The van der Waals surface area contributed by atoms with E-state index < -0.39 is 10.0 Å². The Kier molecular flexibility index (Phi) is 5.33. The van der Waals surface area contributed by atoms with Crippen molar-refractivity contribution in [2.45, 2.75) is 4.90 Å². The minimum absolute atomic E-state index is 0.175. The zero-order valence-electron chi connectivity index (χ0n) is 15.6. The van der Waals surface area contributed by atoms with Crippen LogP contribution in [0.3, 0.4) is 0 Å². The fraction of sp³-hybridized carbons (Fsp3) is 0.0455. The molecule has 0 bridgehead atoms. The Morgan fingerprint density at radius 2 is 1.55 bits per heavy atom. The molecule has 1 heterocycles. The van der Waals surface area contributed by atoms with E-state index in [0.717, 1.165) is 21.8 Å². The standard InChI is InChI=1S/C22H18N2O3S2/c1-27-19-11-13-20(14-12-19)29(25,26)24-18-9-7-16(8-10-18)21-15-28-22(23-21)17-5-3-2-4-6-17/h2-15,24H,1H3. The highest BCUT2D eigenvalue weighted by molar-refractivity contribution is 7.92. The first kappa shape index (κ1) is 19.2. The quantitative estimate of drug-likeness (QED) is 0.459. The molecule has 0 aliphatic rings. The van der Waals surface area contributed by atoms with E-state index in [9.17, 15) is 8.42 Å². The predicted molar refractivity (Wildman–Crippen MR) is 117 cm³/mol. The van der Waals surface area contributed by atoms with Crippen LogP contribution in [0, 0.1) is 0 Å². The van der Waals surface area contributed by atoms with Crippen molar-refractivity contribution < 1.29 is 13.2 Å². The van der Waals surface area contributed by atoms with Gasteiger partial charge >= 0.3 is 0 Å². The van der Waals surface area contributed by atoms with Crippen LogP contribution in [0.2, 0.25) is 0 Å². The van der Waals surface area contributed by atoms with Gasteiger partial charge in [0.2, 0.25) is 0 Å². The van der Waals surface area contributed by atoms with Gasteiger partial charge in [-0.2, -0.15) is 0 Å². The van der Waals surface area contributed by atoms with Gasteiger partial charge in [-0.3, -0.25) is 4.72 Å². The summed E-state index contributed by atoms with van der Waals surface area (Å²) < 4.78 is 32.8. The van der Waals surface area contributed by atoms with Crippen molar-refractivity contribution in [3.05, 3.63) is 84.2 Å². The largest absolute Gasteiger partial charge is 0.497 e. The summed E-state index contributed by atoms with van der Waals surface area (Å²) in [7, 11) is -2.13. The minimum Gasteiger partial charge on any atom is -0.497 e. The maximum atomic E-state index is 12.6. The summed E-state index contributed by atoms with van der Waals surface area (Å²) in [4.78, 5) is 4.86. The van der Waals surface area contributed by atoms with Gasteiger partial charge in [0.1, 0.15) is 10.8 Å². The lowest BCUT2D eigenvalue weighted by Gasteiger charge is -2.09. The lowest BCUT2D eigenvalue weighted by atomic mass is 10.1. The highest BCUT2D eigenvalue weighted by Gasteiger charge is 2.14. The van der Waals surface area contributed by atoms with Crippen LogP contribution in [0.4, 0.5) is 5.69 Å². The van der Waals surface area contributed by atoms with Crippen molar-refractivity contribution >= 4 is 27.0 Å². The predicted octanol–water partition coefficient (Wildman–Crippen LogP) is 5.29. The summed E-state index contributed by atoms with van der Waals surface area (Å²) in [5.41, 5.74) is 3.35. The molecule has 3 aromatic carbocycles. The maximum Gasteiger partial charge on any atom is 0.261 e. The molecule has 0 fully saturated rings. The number of hydrogen-bond acceptors (Lipinski definition) is 5. The first-order valence-electron chi connectivity index (χ1n) is 8.83. The van der Waals surface area contributed by atoms with Crippen molar-refractivity contribution in [1.82, 2.24) is 4.98 Å². The number of methoxy groups -OCH3 is 1. The van der Waals surface area contributed by atoms with Crippen LogP contribution in [0.5, 0.6) is 5.75 Å². The summed E-state index contributed by atoms with van der Waals surface area (Å²) in [5.74, 6) is 0.603. The van der Waals surface area contributed by atoms with Gasteiger partial charge in [0, 0.05) is 22.2 Å². The van der Waals surface area contributed by atoms with Crippen LogP contribution in [0.25, 0.3) is 21.8 Å². The monoisotopic (exact) mass is 422 g/mol. The SMILES string of the molecule is COc1ccc(S(=O)(=O)Nc2ccc(-c3csc(-c4ccccc4)n3)cc2)cc1. The first-order chi connectivity index (χ1) is 14.0. The molecule has 0 spiro atoms. The molecule has 146 valence electrons. The number of nitrogens with zero attached hydrogens (tertiary/aromatic N) is 1. The van der Waals surface area contributed by atoms with E-state index in [4.69, 9.17) is 4.74 Å². The Morgan fingerprint density at radius 1 is 0.862 bits per heavy atom. The number of sulfonamides is 1. The third kappa shape index (κ3) is 4.31. The average molecular weight is 423 g/mol. The topological polar surface area (TPSA) is 68.3 Å². The van der Waals surface area contributed by atoms with Gasteiger partial charge in [-0.05, 0) is 36.4 Å². The van der Waals surface area contributed by atoms with E-state index >= 15 is 0 Å². The Balaban J connectivity index is 1.51. The van der Waals surface area contributed by atoms with E-state index in [2.05, 4.69) is 9.71 Å². The van der Waals surface area contributed by atoms with Gasteiger partial charge in [0.05, 0.1) is 17.7 Å². The molecule has 5 nitrogen and oxygen atoms in total. The third-order valence-electron chi connectivity index (χ3n) is 4.33. The number of hydrogen-bond donors (Lipinski definition) is 1. The molecule has 0 saturated heterocycles. The smallest absolute Gasteiger partial charge is 0.261 e. The number of rotatable bonds is 6. The van der Waals surface area contributed by atoms with Gasteiger partial charge < -0.3 is 4.74 Å². The van der Waals surface area contributed by atoms with Gasteiger partial charge in [0.25, 0.3) is 10.0 Å². The molecule has 29 heavy (non-hydrogen) atoms. The summed E-state index contributed by atoms with van der Waals surface area (Å²) in [6.45, 7) is 0. The summed E-state index contributed by atoms with van der Waals surface area (Å²) in [6, 6.07) is 23.4. The summed E-state index contributed by atoms with van der Waals surface area (Å²) in [5, 5.41) is 2.95. The maximum absolute atomic E-state index is 12.6. The van der Waals surface area contributed by atoms with Crippen molar-refractivity contribution in [2.75, 3.05) is 11.8 Å². The van der Waals surface area contributed by atoms with Crippen molar-refractivity contribution in [2.24, 2.45) is 0 Å². The third-order valence-corrected chi connectivity index (χ3v) is 6.62. The van der Waals surface area contributed by atoms with E-state index in [1.807, 2.05) is 47.8 Å². The molecule has 0 saturated carbocycles. The zero-order chi connectivity index (χ0) is 20.3. The molecular formula is C22H18N2O3S2. The van der Waals surface area contributed by atoms with E-state index in [1.54, 1.807) is 35.6 Å². The van der Waals surface area contributed by atoms with Crippen LogP contribution in [-0.2, 0) is 10.0 Å². The highest BCUT2D eigenvalue weighted by Crippen LogP contribution is 2.29. The fourth-order valence-corrected chi connectivity index (χ4v) is 4.69. The summed E-state index contributed by atoms with van der Waals surface area (Å²) in [6.07, 6.45) is 0. The van der Waals surface area contributed by atoms with Crippen LogP contribution < -0.4 is 9.46 Å². The Bertz CT molecular complexity index is 1200. The Hall–Kier alpha value is -3.16. The number of thiazole rings is 1. The van der Waals surface area contributed by atoms with Crippen molar-refractivity contribution in [3.8, 4) is 27.6 Å². The zero-order valence-corrected chi connectivity index (χ0v) is 17.2. The normalized spacial score (nSPS) is 11.2. The fourth-order valence-electron chi connectivity index (χ4n) is 2.80. The second-order valence-electron chi connectivity index (χ2n) is 6.26. The number of benzene rings is 3. The molecule has 7 heteroatoms. The number of ether oxygens (including phenoxy) is 1. The molecule has 0 aliphatic heterocycles. The second-order valence-corrected chi connectivity index (χ2v) is 8.80. The number of aromatic nitrogens is 1. The molecule has 1 aromatic heterocycles. The second kappa shape index (κ2) is 8.06. The minimum atomic E-state index is -3.67. The lowest BCUT2D eigenvalue weighted by Crippen LogP contribution is -2.12. The molecule has 0 aliphatic carbocycles. The molecule has 4 aromatic rings. The molecule has 0 unspecified atom stereocenters.